The first-order valence-electron chi connectivity index (χ1n) is 8.67. The number of hydrogen-bond donors (Lipinski definition) is 1. The second-order valence-corrected chi connectivity index (χ2v) is 7.03. The number of carbonyl (C=O) groups is 1. The maximum atomic E-state index is 12.4. The molecule has 0 atom stereocenters. The lowest BCUT2D eigenvalue weighted by Crippen LogP contribution is -2.10. The van der Waals surface area contributed by atoms with Gasteiger partial charge < -0.3 is 14.5 Å². The summed E-state index contributed by atoms with van der Waals surface area (Å²) in [5.41, 5.74) is 5.50. The lowest BCUT2D eigenvalue weighted by Gasteiger charge is -2.10. The number of furan rings is 1. The molecular weight excluding hydrogens is 362 g/mol. The van der Waals surface area contributed by atoms with E-state index in [1.807, 2.05) is 6.07 Å². The lowest BCUT2D eigenvalue weighted by atomic mass is 9.97. The smallest absolute Gasteiger partial charge is 0.291 e. The number of methoxy groups -OCH3 is 1. The monoisotopic (exact) mass is 383 g/mol. The zero-order valence-corrected chi connectivity index (χ0v) is 16.6. The SMILES string of the molecule is COc1ccc(NC(=O)c2ccc(Cc3c(C)cc(C)cc3C)o2)cc1Cl. The van der Waals surface area contributed by atoms with Crippen molar-refractivity contribution in [3.8, 4) is 5.75 Å². The molecule has 3 rings (SSSR count). The van der Waals surface area contributed by atoms with Crippen LogP contribution in [0.1, 0.15) is 38.6 Å². The molecule has 0 aliphatic carbocycles. The summed E-state index contributed by atoms with van der Waals surface area (Å²) >= 11 is 6.09. The molecule has 0 aliphatic heterocycles. The number of hydrogen-bond acceptors (Lipinski definition) is 3. The van der Waals surface area contributed by atoms with Crippen molar-refractivity contribution in [3.63, 3.8) is 0 Å². The van der Waals surface area contributed by atoms with E-state index < -0.39 is 0 Å². The number of carbonyl (C=O) groups excluding carboxylic acids is 1. The van der Waals surface area contributed by atoms with Gasteiger partial charge in [-0.2, -0.15) is 0 Å². The third kappa shape index (κ3) is 4.34. The van der Waals surface area contributed by atoms with Gasteiger partial charge in [0.2, 0.25) is 0 Å². The first kappa shape index (κ1) is 19.1. The highest BCUT2D eigenvalue weighted by molar-refractivity contribution is 6.32. The van der Waals surface area contributed by atoms with Gasteiger partial charge in [-0.3, -0.25) is 4.79 Å². The van der Waals surface area contributed by atoms with Gasteiger partial charge in [0.15, 0.2) is 5.76 Å². The summed E-state index contributed by atoms with van der Waals surface area (Å²) in [5.74, 6) is 1.25. The Bertz CT molecular complexity index is 968. The molecule has 5 heteroatoms. The minimum Gasteiger partial charge on any atom is -0.495 e. The fourth-order valence-corrected chi connectivity index (χ4v) is 3.45. The van der Waals surface area contributed by atoms with Crippen LogP contribution in [0.2, 0.25) is 5.02 Å². The highest BCUT2D eigenvalue weighted by atomic mass is 35.5. The Hall–Kier alpha value is -2.72. The molecule has 0 radical (unpaired) electrons. The molecule has 0 fully saturated rings. The normalized spacial score (nSPS) is 10.7. The number of benzene rings is 2. The first-order chi connectivity index (χ1) is 12.9. The Labute approximate surface area is 164 Å². The fraction of sp³-hybridized carbons (Fsp3) is 0.227. The summed E-state index contributed by atoms with van der Waals surface area (Å²) < 4.78 is 10.9. The lowest BCUT2D eigenvalue weighted by molar-refractivity contribution is 0.0995. The maximum Gasteiger partial charge on any atom is 0.291 e. The number of ether oxygens (including phenoxy) is 1. The molecule has 0 saturated carbocycles. The molecule has 2 aromatic carbocycles. The zero-order valence-electron chi connectivity index (χ0n) is 15.9. The molecule has 3 aromatic rings. The molecule has 4 nitrogen and oxygen atoms in total. The molecular formula is C22H22ClNO3. The number of rotatable bonds is 5. The summed E-state index contributed by atoms with van der Waals surface area (Å²) in [7, 11) is 1.54. The van der Waals surface area contributed by atoms with E-state index in [1.165, 1.54) is 22.3 Å². The molecule has 0 bridgehead atoms. The van der Waals surface area contributed by atoms with Gasteiger partial charge in [0.25, 0.3) is 5.91 Å². The molecule has 1 aromatic heterocycles. The minimum atomic E-state index is -0.320. The van der Waals surface area contributed by atoms with Gasteiger partial charge in [0.05, 0.1) is 12.1 Å². The van der Waals surface area contributed by atoms with Crippen LogP contribution in [-0.2, 0) is 6.42 Å². The molecule has 0 spiro atoms. The quantitative estimate of drug-likeness (QED) is 0.613. The summed E-state index contributed by atoms with van der Waals surface area (Å²) in [6, 6.07) is 12.9. The van der Waals surface area contributed by atoms with Crippen LogP contribution in [0.4, 0.5) is 5.69 Å². The average Bonchev–Trinajstić information content (AvgIpc) is 3.07. The Morgan fingerprint density at radius 2 is 1.78 bits per heavy atom. The van der Waals surface area contributed by atoms with Crippen molar-refractivity contribution < 1.29 is 13.9 Å². The molecule has 1 amide bonds. The van der Waals surface area contributed by atoms with Gasteiger partial charge in [0.1, 0.15) is 11.5 Å². The van der Waals surface area contributed by atoms with Crippen LogP contribution in [0.15, 0.2) is 46.9 Å². The van der Waals surface area contributed by atoms with Crippen LogP contribution >= 0.6 is 11.6 Å². The largest absolute Gasteiger partial charge is 0.495 e. The fourth-order valence-electron chi connectivity index (χ4n) is 3.19. The summed E-state index contributed by atoms with van der Waals surface area (Å²) in [4.78, 5) is 12.4. The van der Waals surface area contributed by atoms with Gasteiger partial charge in [-0.25, -0.2) is 0 Å². The van der Waals surface area contributed by atoms with Crippen molar-refractivity contribution in [1.82, 2.24) is 0 Å². The zero-order chi connectivity index (χ0) is 19.6. The third-order valence-corrected chi connectivity index (χ3v) is 4.78. The molecule has 140 valence electrons. The van der Waals surface area contributed by atoms with Crippen LogP contribution < -0.4 is 10.1 Å². The van der Waals surface area contributed by atoms with E-state index in [0.717, 1.165) is 5.76 Å². The summed E-state index contributed by atoms with van der Waals surface area (Å²) in [5, 5.41) is 3.22. The second kappa shape index (κ2) is 7.89. The van der Waals surface area contributed by atoms with Crippen LogP contribution in [-0.4, -0.2) is 13.0 Å². The van der Waals surface area contributed by atoms with Gasteiger partial charge >= 0.3 is 0 Å². The predicted octanol–water partition coefficient (Wildman–Crippen LogP) is 5.71. The molecule has 0 aliphatic rings. The Balaban J connectivity index is 1.74. The van der Waals surface area contributed by atoms with E-state index in [9.17, 15) is 4.79 Å². The van der Waals surface area contributed by atoms with E-state index in [-0.39, 0.29) is 11.7 Å². The van der Waals surface area contributed by atoms with E-state index in [4.69, 9.17) is 20.8 Å². The Kier molecular flexibility index (Phi) is 5.57. The van der Waals surface area contributed by atoms with Crippen LogP contribution in [0.5, 0.6) is 5.75 Å². The van der Waals surface area contributed by atoms with Crippen LogP contribution in [0, 0.1) is 20.8 Å². The molecule has 0 saturated heterocycles. The maximum absolute atomic E-state index is 12.4. The minimum absolute atomic E-state index is 0.263. The molecule has 1 N–H and O–H groups in total. The van der Waals surface area contributed by atoms with Crippen molar-refractivity contribution in [1.29, 1.82) is 0 Å². The van der Waals surface area contributed by atoms with E-state index in [2.05, 4.69) is 38.2 Å². The first-order valence-corrected chi connectivity index (χ1v) is 9.05. The van der Waals surface area contributed by atoms with Gasteiger partial charge in [-0.05, 0) is 67.8 Å². The number of aryl methyl sites for hydroxylation is 3. The highest BCUT2D eigenvalue weighted by Crippen LogP contribution is 2.27. The van der Waals surface area contributed by atoms with Crippen molar-refractivity contribution in [2.45, 2.75) is 27.2 Å². The van der Waals surface area contributed by atoms with E-state index in [0.29, 0.717) is 22.9 Å². The number of nitrogens with one attached hydrogen (secondary N) is 1. The highest BCUT2D eigenvalue weighted by Gasteiger charge is 2.14. The van der Waals surface area contributed by atoms with E-state index in [1.54, 1.807) is 31.4 Å². The Morgan fingerprint density at radius 1 is 1.07 bits per heavy atom. The predicted molar refractivity (Wildman–Crippen MR) is 108 cm³/mol. The number of anilines is 1. The van der Waals surface area contributed by atoms with E-state index >= 15 is 0 Å². The van der Waals surface area contributed by atoms with Crippen LogP contribution in [0.3, 0.4) is 0 Å². The van der Waals surface area contributed by atoms with Gasteiger partial charge in [-0.1, -0.05) is 29.3 Å². The third-order valence-electron chi connectivity index (χ3n) is 4.49. The summed E-state index contributed by atoms with van der Waals surface area (Å²) in [6.07, 6.45) is 0.652. The summed E-state index contributed by atoms with van der Waals surface area (Å²) in [6.45, 7) is 6.28. The molecule has 0 unspecified atom stereocenters. The topological polar surface area (TPSA) is 51.5 Å². The van der Waals surface area contributed by atoms with Gasteiger partial charge in [-0.15, -0.1) is 0 Å². The van der Waals surface area contributed by atoms with Crippen molar-refractivity contribution in [3.05, 3.63) is 81.3 Å². The molecule has 27 heavy (non-hydrogen) atoms. The average molecular weight is 384 g/mol. The van der Waals surface area contributed by atoms with Crippen molar-refractivity contribution >= 4 is 23.2 Å². The Morgan fingerprint density at radius 3 is 2.41 bits per heavy atom. The second-order valence-electron chi connectivity index (χ2n) is 6.62. The number of amides is 1. The standard InChI is InChI=1S/C22H22ClNO3/c1-13-9-14(2)18(15(3)10-13)12-17-6-8-21(27-17)22(25)24-16-5-7-20(26-4)19(23)11-16/h5-11H,12H2,1-4H3,(H,24,25). The number of halogens is 1. The van der Waals surface area contributed by atoms with Gasteiger partial charge in [0, 0.05) is 12.1 Å². The van der Waals surface area contributed by atoms with Crippen LogP contribution in [0.25, 0.3) is 0 Å². The van der Waals surface area contributed by atoms with Crippen molar-refractivity contribution in [2.75, 3.05) is 12.4 Å². The molecule has 1 heterocycles. The van der Waals surface area contributed by atoms with Crippen molar-refractivity contribution in [2.24, 2.45) is 0 Å².